The van der Waals surface area contributed by atoms with E-state index in [0.29, 0.717) is 54.1 Å². The SMILES string of the molecule is COc1cc2c(cc1OCCCCCOc1cc3c(cc1C)C(=O)N1C=C(C)C[C@H]1C=N3)N(C(=O)OCc1ccc(NNC(C)C(=O)N[C@H](C(=O)NC(=O)CNC(=O)CCN3C(=O)C=CC3=O)C(C)C)cc1)[C@@H](O)[C@@H]1CC(C)=CN1C2=O. The second kappa shape index (κ2) is 26.1. The van der Waals surface area contributed by atoms with Crippen molar-refractivity contribution in [3.05, 3.63) is 106 Å². The molecule has 8 rings (SSSR count). The van der Waals surface area contributed by atoms with Crippen molar-refractivity contribution in [3.8, 4) is 17.2 Å². The maximum atomic E-state index is 14.2. The van der Waals surface area contributed by atoms with Crippen molar-refractivity contribution >= 4 is 76.6 Å². The van der Waals surface area contributed by atoms with Gasteiger partial charge in [-0.3, -0.25) is 53.6 Å². The van der Waals surface area contributed by atoms with Crippen molar-refractivity contribution in [2.75, 3.05) is 43.7 Å². The number of aryl methyl sites for hydroxylation is 1. The van der Waals surface area contributed by atoms with Crippen LogP contribution < -0.4 is 45.9 Å². The van der Waals surface area contributed by atoms with E-state index in [4.69, 9.17) is 18.9 Å². The van der Waals surface area contributed by atoms with Gasteiger partial charge in [-0.25, -0.2) is 15.1 Å². The number of ether oxygens (including phenoxy) is 4. The normalized spacial score (nSPS) is 18.6. The Kier molecular flexibility index (Phi) is 18.9. The third-order valence-corrected chi connectivity index (χ3v) is 14.3. The van der Waals surface area contributed by atoms with Crippen LogP contribution in [0.1, 0.15) is 105 Å². The van der Waals surface area contributed by atoms with Crippen molar-refractivity contribution in [1.82, 2.24) is 36.1 Å². The number of methoxy groups -OCH3 is 1. The maximum absolute atomic E-state index is 14.2. The molecule has 5 aliphatic heterocycles. The lowest BCUT2D eigenvalue weighted by Crippen LogP contribution is -2.56. The number of aliphatic hydroxyl groups is 1. The van der Waals surface area contributed by atoms with E-state index in [9.17, 15) is 48.3 Å². The van der Waals surface area contributed by atoms with E-state index < -0.39 is 84.3 Å². The van der Waals surface area contributed by atoms with Crippen LogP contribution in [-0.2, 0) is 40.1 Å². The smallest absolute Gasteiger partial charge is 0.416 e. The molecule has 82 heavy (non-hydrogen) atoms. The molecule has 0 aliphatic carbocycles. The first kappa shape index (κ1) is 59.2. The second-order valence-electron chi connectivity index (χ2n) is 21.0. The number of aliphatic imine (C=N–C) groups is 1. The molecule has 5 atom stereocenters. The Morgan fingerprint density at radius 1 is 0.768 bits per heavy atom. The molecule has 0 bridgehead atoms. The zero-order chi connectivity index (χ0) is 58.9. The van der Waals surface area contributed by atoms with Crippen LogP contribution in [0.4, 0.5) is 21.9 Å². The summed E-state index contributed by atoms with van der Waals surface area (Å²) in [7, 11) is 1.45. The topological polar surface area (TPSA) is 296 Å². The Hall–Kier alpha value is -8.90. The lowest BCUT2D eigenvalue weighted by Gasteiger charge is -2.31. The van der Waals surface area contributed by atoms with E-state index in [0.717, 1.165) is 51.5 Å². The predicted molar refractivity (Wildman–Crippen MR) is 299 cm³/mol. The minimum atomic E-state index is -1.51. The molecular weight excluding hydrogens is 1060 g/mol. The monoisotopic (exact) mass is 1130 g/mol. The number of hydrazine groups is 1. The molecule has 0 spiro atoms. The van der Waals surface area contributed by atoms with Gasteiger partial charge in [0.25, 0.3) is 23.6 Å². The number of nitrogens with zero attached hydrogens (tertiary/aromatic N) is 5. The van der Waals surface area contributed by atoms with Gasteiger partial charge in [-0.15, -0.1) is 0 Å². The fourth-order valence-corrected chi connectivity index (χ4v) is 9.79. The summed E-state index contributed by atoms with van der Waals surface area (Å²) in [5.74, 6) is -3.74. The molecule has 0 saturated heterocycles. The molecule has 5 aliphatic rings. The Morgan fingerprint density at radius 2 is 1.44 bits per heavy atom. The van der Waals surface area contributed by atoms with Gasteiger partial charge in [0.05, 0.1) is 61.5 Å². The minimum Gasteiger partial charge on any atom is -0.493 e. The van der Waals surface area contributed by atoms with E-state index >= 15 is 0 Å². The maximum Gasteiger partial charge on any atom is 0.416 e. The van der Waals surface area contributed by atoms with Gasteiger partial charge in [0, 0.05) is 61.6 Å². The molecule has 434 valence electrons. The number of carbonyl (C=O) groups excluding carboxylic acids is 9. The number of nitrogens with one attached hydrogen (secondary N) is 5. The highest BCUT2D eigenvalue weighted by atomic mass is 16.6. The molecule has 0 saturated carbocycles. The average Bonchev–Trinajstić information content (AvgIpc) is 3.39. The number of hydrogen-bond donors (Lipinski definition) is 6. The van der Waals surface area contributed by atoms with Crippen molar-refractivity contribution in [3.63, 3.8) is 0 Å². The van der Waals surface area contributed by atoms with Crippen LogP contribution in [0, 0.1) is 12.8 Å². The van der Waals surface area contributed by atoms with Crippen LogP contribution in [0.3, 0.4) is 0 Å². The van der Waals surface area contributed by atoms with Crippen LogP contribution >= 0.6 is 0 Å². The molecule has 0 radical (unpaired) electrons. The molecule has 6 N–H and O–H groups in total. The van der Waals surface area contributed by atoms with Crippen LogP contribution in [0.15, 0.2) is 89.2 Å². The van der Waals surface area contributed by atoms with E-state index in [1.54, 1.807) is 56.1 Å². The summed E-state index contributed by atoms with van der Waals surface area (Å²) >= 11 is 0. The number of amides is 9. The summed E-state index contributed by atoms with van der Waals surface area (Å²) in [5, 5.41) is 19.0. The minimum absolute atomic E-state index is 0.0728. The van der Waals surface area contributed by atoms with Crippen molar-refractivity contribution in [2.45, 2.75) is 117 Å². The summed E-state index contributed by atoms with van der Waals surface area (Å²) in [6, 6.07) is 10.4. The third kappa shape index (κ3) is 13.8. The zero-order valence-electron chi connectivity index (χ0n) is 46.7. The van der Waals surface area contributed by atoms with Crippen LogP contribution in [0.25, 0.3) is 0 Å². The largest absolute Gasteiger partial charge is 0.493 e. The average molecular weight is 1130 g/mol. The van der Waals surface area contributed by atoms with Crippen LogP contribution in [0.2, 0.25) is 0 Å². The number of carbonyl (C=O) groups is 9. The number of rotatable bonds is 23. The van der Waals surface area contributed by atoms with Gasteiger partial charge < -0.3 is 49.9 Å². The van der Waals surface area contributed by atoms with Crippen LogP contribution in [0.5, 0.6) is 17.2 Å². The van der Waals surface area contributed by atoms with E-state index in [2.05, 4.69) is 31.8 Å². The van der Waals surface area contributed by atoms with Gasteiger partial charge >= 0.3 is 6.09 Å². The van der Waals surface area contributed by atoms with E-state index in [1.165, 1.54) is 24.1 Å². The van der Waals surface area contributed by atoms with Crippen molar-refractivity contribution in [1.29, 1.82) is 0 Å². The van der Waals surface area contributed by atoms with Crippen LogP contribution in [-0.4, -0.2) is 143 Å². The molecule has 24 nitrogen and oxygen atoms in total. The zero-order valence-corrected chi connectivity index (χ0v) is 46.7. The first-order valence-corrected chi connectivity index (χ1v) is 27.1. The molecule has 3 aromatic carbocycles. The standard InChI is InChI=1S/C58H68N10O14/c1-32(2)52(54(74)61-49(70)28-60-48(69)17-18-65-50(71)15-16-51(65)72)62-53(73)36(6)63-64-38-13-11-37(12-14-38)31-82-58(78)68-43-26-47(46(79-7)24-41(43)56(76)67-30-34(4)22-44(67)57(68)77)81-20-10-8-9-19-80-45-25-42-40(23-35(45)5)55(75)66-29-33(3)21-39(66)27-59-42/h11-16,23-27,29-30,32,36,39,44,52,57,63-64,77H,8-10,17-22,28,31H2,1-7H3,(H,60,69)(H,62,73)(H,61,70,74)/t36?,39-,44-,52-,57-/m0/s1. The molecule has 0 fully saturated rings. The number of unbranched alkanes of at least 4 members (excludes halogenated alkanes) is 2. The lowest BCUT2D eigenvalue weighted by molar-refractivity contribution is -0.138. The molecule has 5 heterocycles. The highest BCUT2D eigenvalue weighted by Crippen LogP contribution is 2.42. The van der Waals surface area contributed by atoms with Gasteiger partial charge in [-0.1, -0.05) is 37.1 Å². The molecule has 0 aromatic heterocycles. The third-order valence-electron chi connectivity index (χ3n) is 14.3. The van der Waals surface area contributed by atoms with E-state index in [1.807, 2.05) is 45.3 Å². The summed E-state index contributed by atoms with van der Waals surface area (Å²) in [4.78, 5) is 126. The highest BCUT2D eigenvalue weighted by Gasteiger charge is 2.45. The van der Waals surface area contributed by atoms with E-state index in [-0.39, 0.29) is 60.9 Å². The van der Waals surface area contributed by atoms with Crippen molar-refractivity contribution < 1.29 is 67.2 Å². The Balaban J connectivity index is 0.814. The number of fused-ring (bicyclic) bond motifs is 4. The van der Waals surface area contributed by atoms with Gasteiger partial charge in [0.2, 0.25) is 23.6 Å². The molecule has 1 unspecified atom stereocenters. The first-order valence-electron chi connectivity index (χ1n) is 27.1. The predicted octanol–water partition coefficient (Wildman–Crippen LogP) is 4.58. The second-order valence-corrected chi connectivity index (χ2v) is 21.0. The number of anilines is 2. The molecule has 24 heteroatoms. The van der Waals surface area contributed by atoms with Gasteiger partial charge in [0.15, 0.2) is 17.7 Å². The number of imide groups is 2. The Morgan fingerprint density at radius 3 is 2.13 bits per heavy atom. The fraction of sp³-hybridized carbons (Fsp3) is 0.414. The Labute approximate surface area is 473 Å². The summed E-state index contributed by atoms with van der Waals surface area (Å²) in [6.07, 6.45) is 7.98. The van der Waals surface area contributed by atoms with Gasteiger partial charge in [-0.2, -0.15) is 0 Å². The van der Waals surface area contributed by atoms with Gasteiger partial charge in [-0.05, 0) is 101 Å². The first-order chi connectivity index (χ1) is 39.2. The lowest BCUT2D eigenvalue weighted by atomic mass is 10.0. The number of hydrogen-bond acceptors (Lipinski definition) is 17. The summed E-state index contributed by atoms with van der Waals surface area (Å²) in [6.45, 7) is 10.3. The Bertz CT molecular complexity index is 3140. The van der Waals surface area contributed by atoms with Crippen molar-refractivity contribution in [2.24, 2.45) is 10.9 Å². The molecular formula is C58H68N10O14. The summed E-state index contributed by atoms with van der Waals surface area (Å²) < 4.78 is 23.8. The van der Waals surface area contributed by atoms with Gasteiger partial charge in [0.1, 0.15) is 24.4 Å². The number of benzene rings is 3. The fourth-order valence-electron chi connectivity index (χ4n) is 9.79. The number of aliphatic hydroxyl groups excluding tert-OH is 1. The highest BCUT2D eigenvalue weighted by molar-refractivity contribution is 6.13. The molecule has 3 aromatic rings. The quantitative estimate of drug-likeness (QED) is 0.0430. The summed E-state index contributed by atoms with van der Waals surface area (Å²) in [5.41, 5.74) is 10.9. The molecule has 9 amide bonds.